The van der Waals surface area contributed by atoms with Gasteiger partial charge in [-0.25, -0.2) is 0 Å². The van der Waals surface area contributed by atoms with E-state index in [9.17, 15) is 4.79 Å². The van der Waals surface area contributed by atoms with Crippen LogP contribution in [-0.2, 0) is 5.54 Å². The number of pyridine rings is 1. The van der Waals surface area contributed by atoms with Gasteiger partial charge in [0.2, 0.25) is 0 Å². The van der Waals surface area contributed by atoms with Crippen molar-refractivity contribution in [1.29, 1.82) is 0 Å². The summed E-state index contributed by atoms with van der Waals surface area (Å²) in [7, 11) is 0. The maximum Gasteiger partial charge on any atom is 0.256 e. The summed E-state index contributed by atoms with van der Waals surface area (Å²) >= 11 is 1.67. The average Bonchev–Trinajstić information content (AvgIpc) is 3.01. The third kappa shape index (κ3) is 2.26. The first-order valence-corrected chi connectivity index (χ1v) is 7.45. The zero-order valence-corrected chi connectivity index (χ0v) is 12.0. The molecule has 100 valence electrons. The SMILES string of the molecule is CC(C)(N)c1ccc(-c2cccs2)n(C2CC2)c1=O. The summed E-state index contributed by atoms with van der Waals surface area (Å²) in [6.07, 6.45) is 2.18. The van der Waals surface area contributed by atoms with E-state index < -0.39 is 5.54 Å². The van der Waals surface area contributed by atoms with Gasteiger partial charge in [-0.05, 0) is 50.3 Å². The van der Waals surface area contributed by atoms with E-state index in [-0.39, 0.29) is 5.56 Å². The van der Waals surface area contributed by atoms with Gasteiger partial charge in [0.05, 0.1) is 10.6 Å². The Balaban J connectivity index is 2.23. The molecule has 1 saturated carbocycles. The number of thiophene rings is 1. The summed E-state index contributed by atoms with van der Waals surface area (Å²) in [6.45, 7) is 3.76. The van der Waals surface area contributed by atoms with Crippen LogP contribution >= 0.6 is 11.3 Å². The normalized spacial score (nSPS) is 15.7. The highest BCUT2D eigenvalue weighted by Gasteiger charge is 2.30. The van der Waals surface area contributed by atoms with Gasteiger partial charge in [-0.3, -0.25) is 4.79 Å². The Labute approximate surface area is 116 Å². The van der Waals surface area contributed by atoms with Crippen molar-refractivity contribution < 1.29 is 0 Å². The highest BCUT2D eigenvalue weighted by Crippen LogP contribution is 2.38. The molecule has 1 aliphatic rings. The van der Waals surface area contributed by atoms with Crippen LogP contribution in [0.3, 0.4) is 0 Å². The van der Waals surface area contributed by atoms with Crippen LogP contribution in [0.25, 0.3) is 10.6 Å². The molecule has 0 radical (unpaired) electrons. The fraction of sp³-hybridized carbons (Fsp3) is 0.400. The first-order valence-electron chi connectivity index (χ1n) is 6.57. The molecule has 3 nitrogen and oxygen atoms in total. The number of hydrogen-bond acceptors (Lipinski definition) is 3. The molecule has 0 unspecified atom stereocenters. The minimum atomic E-state index is -0.596. The summed E-state index contributed by atoms with van der Waals surface area (Å²) < 4.78 is 1.94. The second-order valence-electron chi connectivity index (χ2n) is 5.74. The van der Waals surface area contributed by atoms with Crippen LogP contribution in [0.4, 0.5) is 0 Å². The summed E-state index contributed by atoms with van der Waals surface area (Å²) in [6, 6.07) is 8.35. The quantitative estimate of drug-likeness (QED) is 0.935. The van der Waals surface area contributed by atoms with Crippen LogP contribution in [0.1, 0.15) is 38.3 Å². The van der Waals surface area contributed by atoms with Crippen molar-refractivity contribution in [3.8, 4) is 10.6 Å². The molecule has 1 aliphatic carbocycles. The highest BCUT2D eigenvalue weighted by atomic mass is 32.1. The van der Waals surface area contributed by atoms with Gasteiger partial charge in [-0.15, -0.1) is 11.3 Å². The molecule has 2 aromatic rings. The molecular weight excluding hydrogens is 256 g/mol. The van der Waals surface area contributed by atoms with Crippen molar-refractivity contribution in [2.24, 2.45) is 5.73 Å². The lowest BCUT2D eigenvalue weighted by Crippen LogP contribution is -2.38. The predicted octanol–water partition coefficient (Wildman–Crippen LogP) is 3.11. The van der Waals surface area contributed by atoms with Gasteiger partial charge < -0.3 is 10.3 Å². The van der Waals surface area contributed by atoms with Crippen molar-refractivity contribution in [3.63, 3.8) is 0 Å². The fourth-order valence-electron chi connectivity index (χ4n) is 2.36. The summed E-state index contributed by atoms with van der Waals surface area (Å²) in [5, 5.41) is 2.04. The van der Waals surface area contributed by atoms with E-state index in [2.05, 4.69) is 6.07 Å². The lowest BCUT2D eigenvalue weighted by Gasteiger charge is -2.21. The Kier molecular flexibility index (Phi) is 2.87. The van der Waals surface area contributed by atoms with Gasteiger partial charge in [0, 0.05) is 17.1 Å². The molecule has 19 heavy (non-hydrogen) atoms. The molecule has 0 amide bonds. The largest absolute Gasteiger partial charge is 0.322 e. The van der Waals surface area contributed by atoms with Crippen LogP contribution in [-0.4, -0.2) is 4.57 Å². The molecule has 3 rings (SSSR count). The van der Waals surface area contributed by atoms with Gasteiger partial charge in [0.25, 0.3) is 5.56 Å². The standard InChI is InChI=1S/C15H18N2OS/c1-15(2,16)11-7-8-12(13-4-3-9-19-13)17(14(11)18)10-5-6-10/h3-4,7-10H,5-6,16H2,1-2H3. The smallest absolute Gasteiger partial charge is 0.256 e. The number of nitrogens with zero attached hydrogens (tertiary/aromatic N) is 1. The van der Waals surface area contributed by atoms with E-state index in [1.807, 2.05) is 42.0 Å². The van der Waals surface area contributed by atoms with Gasteiger partial charge in [0.15, 0.2) is 0 Å². The van der Waals surface area contributed by atoms with Gasteiger partial charge >= 0.3 is 0 Å². The van der Waals surface area contributed by atoms with E-state index in [1.54, 1.807) is 11.3 Å². The van der Waals surface area contributed by atoms with Crippen LogP contribution in [0.15, 0.2) is 34.4 Å². The monoisotopic (exact) mass is 274 g/mol. The topological polar surface area (TPSA) is 48.0 Å². The molecule has 2 heterocycles. The van der Waals surface area contributed by atoms with E-state index in [0.29, 0.717) is 11.6 Å². The molecule has 1 fully saturated rings. The van der Waals surface area contributed by atoms with Crippen molar-refractivity contribution in [1.82, 2.24) is 4.57 Å². The lowest BCUT2D eigenvalue weighted by molar-refractivity contribution is 0.535. The van der Waals surface area contributed by atoms with Crippen molar-refractivity contribution in [3.05, 3.63) is 45.6 Å². The van der Waals surface area contributed by atoms with Gasteiger partial charge in [0.1, 0.15) is 0 Å². The summed E-state index contributed by atoms with van der Waals surface area (Å²) in [5.41, 5.74) is 7.30. The molecule has 4 heteroatoms. The number of hydrogen-bond donors (Lipinski definition) is 1. The zero-order chi connectivity index (χ0) is 13.6. The van der Waals surface area contributed by atoms with Gasteiger partial charge in [-0.1, -0.05) is 6.07 Å². The molecule has 0 atom stereocenters. The molecule has 0 spiro atoms. The molecular formula is C15H18N2OS. The van der Waals surface area contributed by atoms with Crippen LogP contribution in [0, 0.1) is 0 Å². The minimum absolute atomic E-state index is 0.0703. The highest BCUT2D eigenvalue weighted by molar-refractivity contribution is 7.13. The first kappa shape index (κ1) is 12.6. The predicted molar refractivity (Wildman–Crippen MR) is 79.5 cm³/mol. The van der Waals surface area contributed by atoms with E-state index in [4.69, 9.17) is 5.73 Å². The van der Waals surface area contributed by atoms with Crippen molar-refractivity contribution in [2.75, 3.05) is 0 Å². The number of aromatic nitrogens is 1. The number of nitrogens with two attached hydrogens (primary N) is 1. The molecule has 2 N–H and O–H groups in total. The van der Waals surface area contributed by atoms with E-state index >= 15 is 0 Å². The van der Waals surface area contributed by atoms with Crippen LogP contribution in [0.2, 0.25) is 0 Å². The molecule has 0 aliphatic heterocycles. The Morgan fingerprint density at radius 2 is 2.05 bits per heavy atom. The fourth-order valence-corrected chi connectivity index (χ4v) is 3.11. The summed E-state index contributed by atoms with van der Waals surface area (Å²) in [4.78, 5) is 13.8. The molecule has 0 bridgehead atoms. The van der Waals surface area contributed by atoms with E-state index in [1.165, 1.54) is 0 Å². The van der Waals surface area contributed by atoms with Crippen molar-refractivity contribution in [2.45, 2.75) is 38.3 Å². The molecule has 0 saturated heterocycles. The first-order chi connectivity index (χ1) is 8.98. The maximum absolute atomic E-state index is 12.7. The minimum Gasteiger partial charge on any atom is -0.322 e. The molecule has 0 aromatic carbocycles. The van der Waals surface area contributed by atoms with Crippen LogP contribution < -0.4 is 11.3 Å². The second-order valence-corrected chi connectivity index (χ2v) is 6.69. The van der Waals surface area contributed by atoms with Crippen LogP contribution in [0.5, 0.6) is 0 Å². The van der Waals surface area contributed by atoms with E-state index in [0.717, 1.165) is 23.4 Å². The average molecular weight is 274 g/mol. The van der Waals surface area contributed by atoms with Crippen molar-refractivity contribution >= 4 is 11.3 Å². The lowest BCUT2D eigenvalue weighted by atomic mass is 9.96. The van der Waals surface area contributed by atoms with Gasteiger partial charge in [-0.2, -0.15) is 0 Å². The molecule has 2 aromatic heterocycles. The second kappa shape index (κ2) is 4.32. The Morgan fingerprint density at radius 3 is 2.58 bits per heavy atom. The maximum atomic E-state index is 12.7. The summed E-state index contributed by atoms with van der Waals surface area (Å²) in [5.74, 6) is 0. The zero-order valence-electron chi connectivity index (χ0n) is 11.2. The Hall–Kier alpha value is -1.39. The third-order valence-corrected chi connectivity index (χ3v) is 4.39. The Morgan fingerprint density at radius 1 is 1.32 bits per heavy atom. The number of rotatable bonds is 3. The third-order valence-electron chi connectivity index (χ3n) is 3.50. The Bertz CT molecular complexity index is 646.